The summed E-state index contributed by atoms with van der Waals surface area (Å²) in [5, 5.41) is 22.1. The first-order valence-corrected chi connectivity index (χ1v) is 11.3. The molecule has 1 unspecified atom stereocenters. The topological polar surface area (TPSA) is 88.8 Å². The lowest BCUT2D eigenvalue weighted by atomic mass is 9.83. The number of aliphatic hydroxyl groups is 1. The van der Waals surface area contributed by atoms with Gasteiger partial charge in [0.15, 0.2) is 5.60 Å². The van der Waals surface area contributed by atoms with Crippen molar-refractivity contribution >= 4 is 22.6 Å². The van der Waals surface area contributed by atoms with E-state index in [9.17, 15) is 15.2 Å². The van der Waals surface area contributed by atoms with E-state index < -0.39 is 5.60 Å². The summed E-state index contributed by atoms with van der Waals surface area (Å²) in [6, 6.07) is 21.8. The Bertz CT molecular complexity index is 1660. The number of nitriles is 1. The molecule has 5 aromatic rings. The van der Waals surface area contributed by atoms with Crippen molar-refractivity contribution in [3.63, 3.8) is 0 Å². The molecule has 2 heterocycles. The lowest BCUT2D eigenvalue weighted by Crippen LogP contribution is -2.31. The molecule has 5 rings (SSSR count). The highest BCUT2D eigenvalue weighted by Gasteiger charge is 2.37. The summed E-state index contributed by atoms with van der Waals surface area (Å²) < 4.78 is 5.02. The van der Waals surface area contributed by atoms with Crippen LogP contribution in [0.4, 0.5) is 0 Å². The van der Waals surface area contributed by atoms with Gasteiger partial charge in [0.25, 0.3) is 0 Å². The molecule has 3 aromatic carbocycles. The molecule has 0 aliphatic heterocycles. The van der Waals surface area contributed by atoms with Crippen LogP contribution in [0.5, 0.6) is 0 Å². The van der Waals surface area contributed by atoms with Gasteiger partial charge in [0.05, 0.1) is 47.4 Å². The van der Waals surface area contributed by atoms with Gasteiger partial charge in [0.2, 0.25) is 0 Å². The minimum atomic E-state index is -1.57. The molecule has 1 atom stereocenters. The van der Waals surface area contributed by atoms with E-state index in [-0.39, 0.29) is 5.69 Å². The fourth-order valence-corrected chi connectivity index (χ4v) is 4.77. The fraction of sp³-hybridized carbons (Fsp3) is 0.148. The van der Waals surface area contributed by atoms with Gasteiger partial charge in [-0.2, -0.15) is 5.26 Å². The average Bonchev–Trinajstić information content (AvgIpc) is 3.40. The van der Waals surface area contributed by atoms with Crippen molar-refractivity contribution in [2.75, 3.05) is 0 Å². The van der Waals surface area contributed by atoms with Crippen LogP contribution in [0.2, 0.25) is 5.02 Å². The summed E-state index contributed by atoms with van der Waals surface area (Å²) in [5.41, 5.74) is 2.79. The number of fused-ring (bicyclic) bond motifs is 1. The highest BCUT2D eigenvalue weighted by molar-refractivity contribution is 6.30. The third kappa shape index (κ3) is 3.73. The number of hydrogen-bond acceptors (Lipinski definition) is 4. The number of benzene rings is 3. The van der Waals surface area contributed by atoms with Crippen LogP contribution < -0.4 is 5.69 Å². The van der Waals surface area contributed by atoms with E-state index in [0.717, 1.165) is 11.1 Å². The van der Waals surface area contributed by atoms with Crippen LogP contribution in [-0.2, 0) is 26.2 Å². The Kier molecular flexibility index (Phi) is 5.56. The standard InChI is InChI=1S/C27H22ClN5O2/c1-31-17-30-15-25(31)27(35,20-8-6-18(14-29)7-9-20)21-10-11-23-24(13-21)33(26(34)32(23)2)16-19-4-3-5-22(28)12-19/h3-13,15,17,35H,16H2,1-2H3. The molecule has 35 heavy (non-hydrogen) atoms. The summed E-state index contributed by atoms with van der Waals surface area (Å²) in [5.74, 6) is 0. The zero-order valence-corrected chi connectivity index (χ0v) is 19.9. The van der Waals surface area contributed by atoms with Crippen LogP contribution in [0.25, 0.3) is 11.0 Å². The van der Waals surface area contributed by atoms with E-state index in [4.69, 9.17) is 11.6 Å². The van der Waals surface area contributed by atoms with Gasteiger partial charge in [-0.25, -0.2) is 9.78 Å². The van der Waals surface area contributed by atoms with E-state index in [0.29, 0.717) is 39.5 Å². The Hall–Kier alpha value is -4.12. The van der Waals surface area contributed by atoms with Gasteiger partial charge in [-0.05, 0) is 53.1 Å². The molecule has 0 bridgehead atoms. The van der Waals surface area contributed by atoms with Crippen LogP contribution in [-0.4, -0.2) is 23.8 Å². The number of halogens is 1. The van der Waals surface area contributed by atoms with Crippen molar-refractivity contribution < 1.29 is 5.11 Å². The summed E-state index contributed by atoms with van der Waals surface area (Å²) in [6.07, 6.45) is 3.24. The summed E-state index contributed by atoms with van der Waals surface area (Å²) in [6.45, 7) is 0.335. The Balaban J connectivity index is 1.73. The van der Waals surface area contributed by atoms with E-state index >= 15 is 0 Å². The molecule has 0 saturated carbocycles. The molecule has 0 radical (unpaired) electrons. The molecule has 0 spiro atoms. The maximum Gasteiger partial charge on any atom is 0.329 e. The molecule has 0 aliphatic rings. The molecule has 0 fully saturated rings. The van der Waals surface area contributed by atoms with E-state index in [1.54, 1.807) is 63.6 Å². The summed E-state index contributed by atoms with van der Waals surface area (Å²) >= 11 is 6.17. The Morgan fingerprint density at radius 2 is 1.77 bits per heavy atom. The predicted octanol–water partition coefficient (Wildman–Crippen LogP) is 3.93. The van der Waals surface area contributed by atoms with Crippen LogP contribution in [0.1, 0.15) is 27.9 Å². The van der Waals surface area contributed by atoms with Crippen LogP contribution in [0.15, 0.2) is 84.0 Å². The molecular weight excluding hydrogens is 462 g/mol. The van der Waals surface area contributed by atoms with Crippen molar-refractivity contribution in [3.05, 3.63) is 123 Å². The number of aryl methyl sites for hydroxylation is 2. The largest absolute Gasteiger partial charge is 0.374 e. The second kappa shape index (κ2) is 8.58. The number of nitrogens with zero attached hydrogens (tertiary/aromatic N) is 5. The molecule has 7 nitrogen and oxygen atoms in total. The second-order valence-electron chi connectivity index (χ2n) is 8.55. The first kappa shape index (κ1) is 22.7. The average molecular weight is 484 g/mol. The zero-order chi connectivity index (χ0) is 24.7. The van der Waals surface area contributed by atoms with Crippen molar-refractivity contribution in [3.8, 4) is 6.07 Å². The zero-order valence-electron chi connectivity index (χ0n) is 19.2. The predicted molar refractivity (Wildman–Crippen MR) is 134 cm³/mol. The Morgan fingerprint density at radius 1 is 1.03 bits per heavy atom. The maximum atomic E-state index is 13.1. The smallest absolute Gasteiger partial charge is 0.329 e. The monoisotopic (exact) mass is 483 g/mol. The van der Waals surface area contributed by atoms with E-state index in [1.807, 2.05) is 43.4 Å². The Labute approximate surface area is 206 Å². The molecule has 8 heteroatoms. The quantitative estimate of drug-likeness (QED) is 0.410. The molecule has 1 N–H and O–H groups in total. The number of imidazole rings is 2. The van der Waals surface area contributed by atoms with Crippen molar-refractivity contribution in [1.82, 2.24) is 18.7 Å². The Morgan fingerprint density at radius 3 is 2.43 bits per heavy atom. The normalized spacial score (nSPS) is 13.0. The van der Waals surface area contributed by atoms with Gasteiger partial charge >= 0.3 is 5.69 Å². The van der Waals surface area contributed by atoms with Crippen molar-refractivity contribution in [2.45, 2.75) is 12.1 Å². The van der Waals surface area contributed by atoms with Crippen molar-refractivity contribution in [2.24, 2.45) is 14.1 Å². The number of rotatable bonds is 5. The van der Waals surface area contributed by atoms with Gasteiger partial charge < -0.3 is 9.67 Å². The minimum absolute atomic E-state index is 0.167. The van der Waals surface area contributed by atoms with E-state index in [2.05, 4.69) is 11.1 Å². The highest BCUT2D eigenvalue weighted by atomic mass is 35.5. The van der Waals surface area contributed by atoms with Gasteiger partial charge in [0, 0.05) is 19.1 Å². The molecule has 0 aliphatic carbocycles. The lowest BCUT2D eigenvalue weighted by molar-refractivity contribution is 0.117. The van der Waals surface area contributed by atoms with Crippen LogP contribution in [0.3, 0.4) is 0 Å². The highest BCUT2D eigenvalue weighted by Crippen LogP contribution is 2.37. The number of aromatic nitrogens is 4. The molecule has 2 aromatic heterocycles. The van der Waals surface area contributed by atoms with Crippen molar-refractivity contribution in [1.29, 1.82) is 5.26 Å². The van der Waals surface area contributed by atoms with Gasteiger partial charge in [-0.15, -0.1) is 0 Å². The summed E-state index contributed by atoms with van der Waals surface area (Å²) in [7, 11) is 3.54. The lowest BCUT2D eigenvalue weighted by Gasteiger charge is -2.30. The van der Waals surface area contributed by atoms with E-state index in [1.165, 1.54) is 0 Å². The van der Waals surface area contributed by atoms with Gasteiger partial charge in [-0.1, -0.05) is 41.9 Å². The third-order valence-electron chi connectivity index (χ3n) is 6.41. The van der Waals surface area contributed by atoms with Gasteiger partial charge in [-0.3, -0.25) is 9.13 Å². The molecule has 0 amide bonds. The molecule has 0 saturated heterocycles. The third-order valence-corrected chi connectivity index (χ3v) is 6.65. The van der Waals surface area contributed by atoms with Gasteiger partial charge in [0.1, 0.15) is 0 Å². The van der Waals surface area contributed by atoms with Crippen LogP contribution in [0, 0.1) is 11.3 Å². The molecular formula is C27H22ClN5O2. The maximum absolute atomic E-state index is 13.1. The summed E-state index contributed by atoms with van der Waals surface area (Å²) in [4.78, 5) is 17.4. The second-order valence-corrected chi connectivity index (χ2v) is 8.99. The minimum Gasteiger partial charge on any atom is -0.374 e. The first-order valence-electron chi connectivity index (χ1n) is 11.0. The first-order chi connectivity index (χ1) is 16.8. The number of hydrogen-bond donors (Lipinski definition) is 1. The molecule has 174 valence electrons. The fourth-order valence-electron chi connectivity index (χ4n) is 4.56. The van der Waals surface area contributed by atoms with Crippen LogP contribution >= 0.6 is 11.6 Å². The SMILES string of the molecule is Cn1cncc1C(O)(c1ccc(C#N)cc1)c1ccc2c(c1)n(Cc1cccc(Cl)c1)c(=O)n2C.